The minimum absolute atomic E-state index is 0.0425. The van der Waals surface area contributed by atoms with Crippen molar-refractivity contribution >= 4 is 27.6 Å². The Hall–Kier alpha value is -1.11. The van der Waals surface area contributed by atoms with Gasteiger partial charge in [-0.3, -0.25) is 4.79 Å². The van der Waals surface area contributed by atoms with Crippen LogP contribution >= 0.6 is 11.6 Å². The molecule has 7 heteroatoms. The van der Waals surface area contributed by atoms with Gasteiger partial charge in [-0.05, 0) is 38.0 Å². The summed E-state index contributed by atoms with van der Waals surface area (Å²) in [5.41, 5.74) is 0.885. The van der Waals surface area contributed by atoms with Crippen LogP contribution in [0.3, 0.4) is 0 Å². The Balaban J connectivity index is 2.56. The van der Waals surface area contributed by atoms with Crippen LogP contribution in [0.15, 0.2) is 23.1 Å². The van der Waals surface area contributed by atoms with E-state index in [1.165, 1.54) is 6.07 Å². The van der Waals surface area contributed by atoms with E-state index in [1.54, 1.807) is 19.1 Å². The number of carbonyl (C=O) groups is 1. The number of aryl methyl sites for hydroxylation is 1. The standard InChI is InChI=1S/C13H18ClNO4S/c1-3-19-13(16)5-4-8-15-20(17,18)12-7-6-10(2)9-11(12)14/h6-7,9,15H,3-5,8H2,1-2H3. The highest BCUT2D eigenvalue weighted by Crippen LogP contribution is 2.22. The largest absolute Gasteiger partial charge is 0.466 e. The topological polar surface area (TPSA) is 72.5 Å². The van der Waals surface area contributed by atoms with Gasteiger partial charge in [0, 0.05) is 13.0 Å². The number of esters is 1. The molecule has 0 bridgehead atoms. The van der Waals surface area contributed by atoms with Crippen molar-refractivity contribution in [3.05, 3.63) is 28.8 Å². The number of carbonyl (C=O) groups excluding carboxylic acids is 1. The molecule has 5 nitrogen and oxygen atoms in total. The summed E-state index contributed by atoms with van der Waals surface area (Å²) in [6, 6.07) is 4.74. The van der Waals surface area contributed by atoms with Gasteiger partial charge >= 0.3 is 5.97 Å². The zero-order valence-electron chi connectivity index (χ0n) is 11.5. The summed E-state index contributed by atoms with van der Waals surface area (Å²) in [6.45, 7) is 4.03. The van der Waals surface area contributed by atoms with E-state index in [9.17, 15) is 13.2 Å². The number of hydrogen-bond acceptors (Lipinski definition) is 4. The summed E-state index contributed by atoms with van der Waals surface area (Å²) in [4.78, 5) is 11.2. The van der Waals surface area contributed by atoms with Gasteiger partial charge in [-0.1, -0.05) is 17.7 Å². The number of halogens is 1. The van der Waals surface area contributed by atoms with Gasteiger partial charge in [-0.2, -0.15) is 0 Å². The number of rotatable bonds is 7. The molecule has 0 unspecified atom stereocenters. The van der Waals surface area contributed by atoms with E-state index in [-0.39, 0.29) is 28.9 Å². The lowest BCUT2D eigenvalue weighted by molar-refractivity contribution is -0.143. The summed E-state index contributed by atoms with van der Waals surface area (Å²) >= 11 is 5.93. The van der Waals surface area contributed by atoms with E-state index < -0.39 is 10.0 Å². The van der Waals surface area contributed by atoms with Crippen LogP contribution in [0.5, 0.6) is 0 Å². The highest BCUT2D eigenvalue weighted by atomic mass is 35.5. The molecule has 0 aromatic heterocycles. The molecule has 0 aliphatic heterocycles. The predicted octanol–water partition coefficient (Wildman–Crippen LogP) is 2.27. The molecule has 20 heavy (non-hydrogen) atoms. The van der Waals surface area contributed by atoms with Gasteiger partial charge in [-0.25, -0.2) is 13.1 Å². The van der Waals surface area contributed by atoms with E-state index in [1.807, 2.05) is 6.92 Å². The highest BCUT2D eigenvalue weighted by Gasteiger charge is 2.17. The molecule has 0 aliphatic rings. The Kier molecular flexibility index (Phi) is 6.45. The first-order valence-corrected chi connectivity index (χ1v) is 8.14. The van der Waals surface area contributed by atoms with Crippen LogP contribution in [-0.4, -0.2) is 27.5 Å². The Labute approximate surface area is 124 Å². The maximum Gasteiger partial charge on any atom is 0.305 e. The number of sulfonamides is 1. The quantitative estimate of drug-likeness (QED) is 0.618. The van der Waals surface area contributed by atoms with E-state index in [0.29, 0.717) is 13.0 Å². The van der Waals surface area contributed by atoms with Gasteiger partial charge in [-0.15, -0.1) is 0 Å². The molecule has 0 spiro atoms. The number of hydrogen-bond donors (Lipinski definition) is 1. The fraction of sp³-hybridized carbons (Fsp3) is 0.462. The van der Waals surface area contributed by atoms with Crippen molar-refractivity contribution < 1.29 is 17.9 Å². The van der Waals surface area contributed by atoms with Gasteiger partial charge in [0.25, 0.3) is 0 Å². The Morgan fingerprint density at radius 3 is 2.70 bits per heavy atom. The summed E-state index contributed by atoms with van der Waals surface area (Å²) in [5, 5.41) is 0.183. The van der Waals surface area contributed by atoms with Crippen LogP contribution in [0, 0.1) is 6.92 Å². The van der Waals surface area contributed by atoms with Gasteiger partial charge in [0.15, 0.2) is 0 Å². The van der Waals surface area contributed by atoms with Crippen molar-refractivity contribution in [3.8, 4) is 0 Å². The SMILES string of the molecule is CCOC(=O)CCCNS(=O)(=O)c1ccc(C)cc1Cl. The third kappa shape index (κ3) is 5.11. The van der Waals surface area contributed by atoms with Gasteiger partial charge in [0.1, 0.15) is 4.90 Å². The van der Waals surface area contributed by atoms with Gasteiger partial charge in [0.05, 0.1) is 11.6 Å². The zero-order valence-corrected chi connectivity index (χ0v) is 13.1. The minimum atomic E-state index is -3.65. The lowest BCUT2D eigenvalue weighted by Gasteiger charge is -2.08. The van der Waals surface area contributed by atoms with Crippen molar-refractivity contribution in [2.24, 2.45) is 0 Å². The number of ether oxygens (including phenoxy) is 1. The van der Waals surface area contributed by atoms with Crippen LogP contribution < -0.4 is 4.72 Å². The summed E-state index contributed by atoms with van der Waals surface area (Å²) in [7, 11) is -3.65. The first kappa shape index (κ1) is 16.9. The molecule has 1 rings (SSSR count). The smallest absolute Gasteiger partial charge is 0.305 e. The van der Waals surface area contributed by atoms with Crippen LogP contribution in [0.25, 0.3) is 0 Å². The van der Waals surface area contributed by atoms with Crippen molar-refractivity contribution in [1.29, 1.82) is 0 Å². The first-order valence-electron chi connectivity index (χ1n) is 6.28. The summed E-state index contributed by atoms with van der Waals surface area (Å²) in [6.07, 6.45) is 0.555. The van der Waals surface area contributed by atoms with Crippen LogP contribution in [0.4, 0.5) is 0 Å². The molecular formula is C13H18ClNO4S. The molecule has 0 saturated carbocycles. The second-order valence-electron chi connectivity index (χ2n) is 4.24. The zero-order chi connectivity index (χ0) is 15.2. The molecule has 1 aromatic rings. The second kappa shape index (κ2) is 7.61. The molecule has 0 atom stereocenters. The molecule has 0 aliphatic carbocycles. The predicted molar refractivity (Wildman–Crippen MR) is 77.2 cm³/mol. The van der Waals surface area contributed by atoms with E-state index in [4.69, 9.17) is 16.3 Å². The van der Waals surface area contributed by atoms with E-state index >= 15 is 0 Å². The highest BCUT2D eigenvalue weighted by molar-refractivity contribution is 7.89. The van der Waals surface area contributed by atoms with Crippen LogP contribution in [0.1, 0.15) is 25.3 Å². The van der Waals surface area contributed by atoms with Crippen molar-refractivity contribution in [1.82, 2.24) is 4.72 Å². The molecule has 1 aromatic carbocycles. The molecule has 1 N–H and O–H groups in total. The third-order valence-electron chi connectivity index (χ3n) is 2.53. The minimum Gasteiger partial charge on any atom is -0.466 e. The van der Waals surface area contributed by atoms with Crippen molar-refractivity contribution in [3.63, 3.8) is 0 Å². The fourth-order valence-electron chi connectivity index (χ4n) is 1.57. The summed E-state index contributed by atoms with van der Waals surface area (Å²) < 4.78 is 31.2. The molecular weight excluding hydrogens is 302 g/mol. The second-order valence-corrected chi connectivity index (χ2v) is 6.38. The summed E-state index contributed by atoms with van der Waals surface area (Å²) in [5.74, 6) is -0.333. The van der Waals surface area contributed by atoms with Crippen molar-refractivity contribution in [2.45, 2.75) is 31.6 Å². The average Bonchev–Trinajstić information content (AvgIpc) is 2.34. The molecule has 0 radical (unpaired) electrons. The van der Waals surface area contributed by atoms with Crippen LogP contribution in [-0.2, 0) is 19.6 Å². The fourth-order valence-corrected chi connectivity index (χ4v) is 3.25. The molecule has 0 saturated heterocycles. The number of benzene rings is 1. The van der Waals surface area contributed by atoms with Crippen molar-refractivity contribution in [2.75, 3.05) is 13.2 Å². The first-order chi connectivity index (χ1) is 9.36. The third-order valence-corrected chi connectivity index (χ3v) is 4.48. The molecule has 0 heterocycles. The van der Waals surface area contributed by atoms with Gasteiger partial charge < -0.3 is 4.74 Å². The monoisotopic (exact) mass is 319 g/mol. The Morgan fingerprint density at radius 1 is 1.40 bits per heavy atom. The van der Waals surface area contributed by atoms with E-state index in [2.05, 4.69) is 4.72 Å². The normalized spacial score (nSPS) is 11.3. The van der Waals surface area contributed by atoms with Gasteiger partial charge in [0.2, 0.25) is 10.0 Å². The molecule has 0 fully saturated rings. The lowest BCUT2D eigenvalue weighted by Crippen LogP contribution is -2.25. The molecule has 112 valence electrons. The Bertz CT molecular complexity index is 572. The van der Waals surface area contributed by atoms with E-state index in [0.717, 1.165) is 5.56 Å². The Morgan fingerprint density at radius 2 is 2.10 bits per heavy atom. The average molecular weight is 320 g/mol. The molecule has 0 amide bonds. The number of nitrogens with one attached hydrogen (secondary N) is 1. The van der Waals surface area contributed by atoms with Crippen LogP contribution in [0.2, 0.25) is 5.02 Å². The lowest BCUT2D eigenvalue weighted by atomic mass is 10.2. The maximum absolute atomic E-state index is 12.0. The maximum atomic E-state index is 12.0.